The number of carbonyl (C=O) groups excluding carboxylic acids is 2. The zero-order valence-electron chi connectivity index (χ0n) is 15.2. The first-order valence-electron chi connectivity index (χ1n) is 8.59. The number of rotatable bonds is 4. The number of nitrogens with zero attached hydrogens (tertiary/aromatic N) is 1. The summed E-state index contributed by atoms with van der Waals surface area (Å²) in [6.45, 7) is 3.53. The number of phenolic OH excluding ortho intramolecular Hbond substituents is 1. The molecule has 0 bridgehead atoms. The minimum atomic E-state index is -1.05. The molecular weight excluding hydrogens is 362 g/mol. The number of amides is 1. The predicted molar refractivity (Wildman–Crippen MR) is 99.2 cm³/mol. The van der Waals surface area contributed by atoms with Crippen LogP contribution < -0.4 is 4.90 Å². The number of anilines is 1. The second-order valence-electron chi connectivity index (χ2n) is 6.59. The summed E-state index contributed by atoms with van der Waals surface area (Å²) in [6.07, 6.45) is 1.33. The molecule has 7 heteroatoms. The molecule has 1 aliphatic rings. The molecule has 142 valence electrons. The number of aryl methyl sites for hydroxylation is 2. The molecule has 1 aliphatic heterocycles. The van der Waals surface area contributed by atoms with E-state index in [0.29, 0.717) is 5.76 Å². The van der Waals surface area contributed by atoms with Gasteiger partial charge in [0.05, 0.1) is 17.5 Å². The zero-order valence-corrected chi connectivity index (χ0v) is 15.2. The maximum absolute atomic E-state index is 13.0. The van der Waals surface area contributed by atoms with Crippen LogP contribution in [0.5, 0.6) is 5.75 Å². The van der Waals surface area contributed by atoms with E-state index in [0.717, 1.165) is 10.5 Å². The highest BCUT2D eigenvalue weighted by Gasteiger charge is 2.47. The van der Waals surface area contributed by atoms with Gasteiger partial charge in [0.1, 0.15) is 23.3 Å². The van der Waals surface area contributed by atoms with E-state index in [1.165, 1.54) is 24.5 Å². The SMILES string of the molecule is Cc1ccc(O)c(N2C(=O)C(O)=C(C(=O)c3ccco3)C2c2ccc(C)o2)c1. The van der Waals surface area contributed by atoms with Gasteiger partial charge in [0.25, 0.3) is 5.91 Å². The lowest BCUT2D eigenvalue weighted by Gasteiger charge is -2.25. The molecule has 1 aromatic carbocycles. The van der Waals surface area contributed by atoms with Crippen molar-refractivity contribution in [3.8, 4) is 5.75 Å². The molecular formula is C21H17NO6. The number of ketones is 1. The number of aliphatic hydroxyl groups excluding tert-OH is 1. The molecule has 3 heterocycles. The van der Waals surface area contributed by atoms with Crippen molar-refractivity contribution in [1.29, 1.82) is 0 Å². The number of carbonyl (C=O) groups is 2. The van der Waals surface area contributed by atoms with E-state index >= 15 is 0 Å². The van der Waals surface area contributed by atoms with Crippen LogP contribution in [0.3, 0.4) is 0 Å². The number of benzene rings is 1. The van der Waals surface area contributed by atoms with Gasteiger partial charge in [-0.25, -0.2) is 0 Å². The summed E-state index contributed by atoms with van der Waals surface area (Å²) in [5.41, 5.74) is 0.785. The van der Waals surface area contributed by atoms with E-state index in [-0.39, 0.29) is 28.5 Å². The third kappa shape index (κ3) is 2.68. The van der Waals surface area contributed by atoms with Crippen LogP contribution in [0.15, 0.2) is 68.9 Å². The average Bonchev–Trinajstić information content (AvgIpc) is 3.38. The number of aliphatic hydroxyl groups is 1. The van der Waals surface area contributed by atoms with E-state index < -0.39 is 23.5 Å². The summed E-state index contributed by atoms with van der Waals surface area (Å²) < 4.78 is 10.8. The third-order valence-corrected chi connectivity index (χ3v) is 4.62. The van der Waals surface area contributed by atoms with Crippen molar-refractivity contribution in [3.05, 3.63) is 82.9 Å². The van der Waals surface area contributed by atoms with Gasteiger partial charge in [-0.1, -0.05) is 6.07 Å². The zero-order chi connectivity index (χ0) is 20.0. The Morgan fingerprint density at radius 2 is 1.89 bits per heavy atom. The third-order valence-electron chi connectivity index (χ3n) is 4.62. The monoisotopic (exact) mass is 379 g/mol. The van der Waals surface area contributed by atoms with Crippen LogP contribution in [0.25, 0.3) is 0 Å². The summed E-state index contributed by atoms with van der Waals surface area (Å²) in [5, 5.41) is 20.9. The molecule has 7 nitrogen and oxygen atoms in total. The van der Waals surface area contributed by atoms with Gasteiger partial charge in [-0.3, -0.25) is 14.5 Å². The maximum atomic E-state index is 13.0. The van der Waals surface area contributed by atoms with Gasteiger partial charge in [0.15, 0.2) is 11.5 Å². The molecule has 3 aromatic rings. The van der Waals surface area contributed by atoms with Crippen molar-refractivity contribution in [2.75, 3.05) is 4.90 Å². The summed E-state index contributed by atoms with van der Waals surface area (Å²) >= 11 is 0. The molecule has 1 unspecified atom stereocenters. The molecule has 2 N–H and O–H groups in total. The lowest BCUT2D eigenvalue weighted by molar-refractivity contribution is -0.117. The van der Waals surface area contributed by atoms with Gasteiger partial charge in [-0.05, 0) is 55.8 Å². The summed E-state index contributed by atoms with van der Waals surface area (Å²) in [5.74, 6) is -1.47. The van der Waals surface area contributed by atoms with Crippen LogP contribution in [0, 0.1) is 13.8 Å². The van der Waals surface area contributed by atoms with Gasteiger partial charge in [-0.2, -0.15) is 0 Å². The number of furan rings is 2. The Morgan fingerprint density at radius 3 is 2.54 bits per heavy atom. The molecule has 4 rings (SSSR count). The van der Waals surface area contributed by atoms with Crippen molar-refractivity contribution in [2.24, 2.45) is 0 Å². The number of hydrogen-bond acceptors (Lipinski definition) is 6. The first kappa shape index (κ1) is 17.7. The lowest BCUT2D eigenvalue weighted by Crippen LogP contribution is -2.31. The highest BCUT2D eigenvalue weighted by Crippen LogP contribution is 2.45. The fourth-order valence-corrected chi connectivity index (χ4v) is 3.32. The van der Waals surface area contributed by atoms with E-state index in [1.54, 1.807) is 38.1 Å². The van der Waals surface area contributed by atoms with Crippen molar-refractivity contribution < 1.29 is 28.6 Å². The Morgan fingerprint density at radius 1 is 1.11 bits per heavy atom. The first-order valence-corrected chi connectivity index (χ1v) is 8.59. The maximum Gasteiger partial charge on any atom is 0.294 e. The molecule has 0 radical (unpaired) electrons. The Balaban J connectivity index is 1.91. The van der Waals surface area contributed by atoms with Gasteiger partial charge < -0.3 is 19.0 Å². The predicted octanol–water partition coefficient (Wildman–Crippen LogP) is 3.98. The number of phenols is 1. The standard InChI is InChI=1S/C21H17NO6/c1-11-5-7-14(23)13(10-11)22-18(15-8-6-12(2)28-15)17(20(25)21(22)26)19(24)16-4-3-9-27-16/h3-10,18,23,25H,1-2H3. The van der Waals surface area contributed by atoms with Gasteiger partial charge in [-0.15, -0.1) is 0 Å². The number of hydrogen-bond donors (Lipinski definition) is 2. The number of aromatic hydroxyl groups is 1. The topological polar surface area (TPSA) is 104 Å². The van der Waals surface area contributed by atoms with Gasteiger partial charge in [0.2, 0.25) is 5.78 Å². The molecule has 0 fully saturated rings. The van der Waals surface area contributed by atoms with Crippen LogP contribution >= 0.6 is 0 Å². The Hall–Kier alpha value is -3.74. The van der Waals surface area contributed by atoms with Gasteiger partial charge in [0, 0.05) is 0 Å². The highest BCUT2D eigenvalue weighted by molar-refractivity contribution is 6.20. The molecule has 0 aliphatic carbocycles. The van der Waals surface area contributed by atoms with Gasteiger partial charge >= 0.3 is 0 Å². The minimum Gasteiger partial charge on any atom is -0.506 e. The van der Waals surface area contributed by atoms with Crippen LogP contribution in [0.2, 0.25) is 0 Å². The molecule has 0 saturated carbocycles. The first-order chi connectivity index (χ1) is 13.4. The van der Waals surface area contributed by atoms with Crippen LogP contribution in [0.1, 0.15) is 33.7 Å². The van der Waals surface area contributed by atoms with Crippen molar-refractivity contribution in [2.45, 2.75) is 19.9 Å². The molecule has 1 amide bonds. The second kappa shape index (κ2) is 6.45. The average molecular weight is 379 g/mol. The summed E-state index contributed by atoms with van der Waals surface area (Å²) in [4.78, 5) is 27.1. The molecule has 0 saturated heterocycles. The van der Waals surface area contributed by atoms with E-state index in [2.05, 4.69) is 0 Å². The molecule has 0 spiro atoms. The fourth-order valence-electron chi connectivity index (χ4n) is 3.32. The number of Topliss-reactive ketones (excluding diaryl/α,β-unsaturated/α-hetero) is 1. The van der Waals surface area contributed by atoms with Crippen molar-refractivity contribution >= 4 is 17.4 Å². The Kier molecular flexibility index (Phi) is 4.07. The molecule has 1 atom stereocenters. The van der Waals surface area contributed by atoms with E-state index in [4.69, 9.17) is 8.83 Å². The van der Waals surface area contributed by atoms with E-state index in [9.17, 15) is 19.8 Å². The minimum absolute atomic E-state index is 0.0158. The normalized spacial score (nSPS) is 16.9. The summed E-state index contributed by atoms with van der Waals surface area (Å²) in [6, 6.07) is 10.00. The van der Waals surface area contributed by atoms with Crippen LogP contribution in [-0.4, -0.2) is 21.9 Å². The molecule has 2 aromatic heterocycles. The van der Waals surface area contributed by atoms with Crippen molar-refractivity contribution in [3.63, 3.8) is 0 Å². The second-order valence-corrected chi connectivity index (χ2v) is 6.59. The van der Waals surface area contributed by atoms with Crippen LogP contribution in [0.4, 0.5) is 5.69 Å². The Bertz CT molecular complexity index is 1110. The fraction of sp³-hybridized carbons (Fsp3) is 0.143. The van der Waals surface area contributed by atoms with Crippen molar-refractivity contribution in [1.82, 2.24) is 0 Å². The Labute approximate surface area is 160 Å². The van der Waals surface area contributed by atoms with Crippen LogP contribution in [-0.2, 0) is 4.79 Å². The van der Waals surface area contributed by atoms with E-state index in [1.807, 2.05) is 0 Å². The summed E-state index contributed by atoms with van der Waals surface area (Å²) in [7, 11) is 0. The smallest absolute Gasteiger partial charge is 0.294 e. The largest absolute Gasteiger partial charge is 0.506 e. The quantitative estimate of drug-likeness (QED) is 0.665. The molecule has 28 heavy (non-hydrogen) atoms. The lowest BCUT2D eigenvalue weighted by atomic mass is 9.99. The highest BCUT2D eigenvalue weighted by atomic mass is 16.3.